The minimum atomic E-state index is -0.0412. The Balaban J connectivity index is 1.43. The molecule has 4 aromatic rings. The molecule has 4 rings (SSSR count). The summed E-state index contributed by atoms with van der Waals surface area (Å²) in [5, 5.41) is 7.14. The van der Waals surface area contributed by atoms with Crippen LogP contribution in [0.5, 0.6) is 0 Å². The number of aromatic nitrogens is 3. The number of anilines is 1. The number of hydrogen-bond donors (Lipinski definition) is 1. The summed E-state index contributed by atoms with van der Waals surface area (Å²) in [5.41, 5.74) is 4.59. The van der Waals surface area contributed by atoms with Crippen LogP contribution in [0.2, 0.25) is 0 Å². The van der Waals surface area contributed by atoms with Crippen LogP contribution in [0, 0.1) is 13.8 Å². The summed E-state index contributed by atoms with van der Waals surface area (Å²) >= 11 is 0. The number of amides is 1. The molecule has 0 aliphatic rings. The molecular weight excluding hydrogens is 364 g/mol. The maximum absolute atomic E-state index is 12.3. The van der Waals surface area contributed by atoms with E-state index in [0.29, 0.717) is 18.9 Å². The Bertz CT molecular complexity index is 1110. The lowest BCUT2D eigenvalue weighted by molar-refractivity contribution is -0.115. The Morgan fingerprint density at radius 1 is 1.07 bits per heavy atom. The van der Waals surface area contributed by atoms with Crippen LogP contribution in [0.3, 0.4) is 0 Å². The van der Waals surface area contributed by atoms with Crippen molar-refractivity contribution in [1.82, 2.24) is 14.8 Å². The zero-order valence-electron chi connectivity index (χ0n) is 16.4. The number of rotatable bonds is 6. The van der Waals surface area contributed by atoms with Crippen LogP contribution < -0.4 is 5.32 Å². The number of oxazole rings is 1. The molecule has 146 valence electrons. The highest BCUT2D eigenvalue weighted by Crippen LogP contribution is 2.24. The monoisotopic (exact) mass is 386 g/mol. The van der Waals surface area contributed by atoms with E-state index in [1.165, 1.54) is 0 Å². The number of carbonyl (C=O) groups is 1. The Morgan fingerprint density at radius 3 is 2.59 bits per heavy atom. The molecule has 2 aromatic heterocycles. The van der Waals surface area contributed by atoms with E-state index in [1.54, 1.807) is 6.20 Å². The first-order chi connectivity index (χ1) is 14.1. The van der Waals surface area contributed by atoms with Crippen LogP contribution in [-0.4, -0.2) is 20.7 Å². The van der Waals surface area contributed by atoms with Gasteiger partial charge in [0.1, 0.15) is 11.5 Å². The van der Waals surface area contributed by atoms with Crippen molar-refractivity contribution in [1.29, 1.82) is 0 Å². The lowest BCUT2D eigenvalue weighted by atomic mass is 10.1. The molecule has 0 radical (unpaired) electrons. The molecule has 29 heavy (non-hydrogen) atoms. The fourth-order valence-corrected chi connectivity index (χ4v) is 3.13. The van der Waals surface area contributed by atoms with E-state index in [0.717, 1.165) is 33.8 Å². The molecule has 0 bridgehead atoms. The number of nitrogens with zero attached hydrogens (tertiary/aromatic N) is 3. The van der Waals surface area contributed by atoms with Gasteiger partial charge in [0.25, 0.3) is 0 Å². The van der Waals surface area contributed by atoms with Crippen LogP contribution in [0.4, 0.5) is 5.69 Å². The van der Waals surface area contributed by atoms with Crippen molar-refractivity contribution in [3.8, 4) is 11.5 Å². The molecule has 0 saturated heterocycles. The molecule has 0 saturated carbocycles. The smallest absolute Gasteiger partial charge is 0.228 e. The summed E-state index contributed by atoms with van der Waals surface area (Å²) in [7, 11) is 0. The number of carbonyl (C=O) groups excluding carboxylic acids is 1. The summed E-state index contributed by atoms with van der Waals surface area (Å²) < 4.78 is 7.63. The average Bonchev–Trinajstić information content (AvgIpc) is 3.35. The second-order valence-corrected chi connectivity index (χ2v) is 6.95. The molecule has 0 aliphatic carbocycles. The second kappa shape index (κ2) is 8.14. The minimum Gasteiger partial charge on any atom is -0.441 e. The summed E-state index contributed by atoms with van der Waals surface area (Å²) in [5.74, 6) is 1.29. The Morgan fingerprint density at radius 2 is 1.86 bits per heavy atom. The largest absolute Gasteiger partial charge is 0.441 e. The molecule has 6 heteroatoms. The predicted octanol–water partition coefficient (Wildman–Crippen LogP) is 4.38. The van der Waals surface area contributed by atoms with Gasteiger partial charge in [-0.1, -0.05) is 24.3 Å². The van der Waals surface area contributed by atoms with Crippen LogP contribution in [0.15, 0.2) is 71.4 Å². The van der Waals surface area contributed by atoms with E-state index in [2.05, 4.69) is 15.4 Å². The first kappa shape index (κ1) is 18.7. The van der Waals surface area contributed by atoms with Crippen molar-refractivity contribution >= 4 is 11.6 Å². The summed E-state index contributed by atoms with van der Waals surface area (Å²) in [6.07, 6.45) is 3.98. The molecule has 2 aromatic carbocycles. The molecule has 1 amide bonds. The average molecular weight is 386 g/mol. The van der Waals surface area contributed by atoms with Crippen molar-refractivity contribution in [3.05, 3.63) is 89.6 Å². The molecule has 0 unspecified atom stereocenters. The number of aryl methyl sites for hydroxylation is 2. The van der Waals surface area contributed by atoms with Crippen molar-refractivity contribution in [2.75, 3.05) is 5.32 Å². The first-order valence-electron chi connectivity index (χ1n) is 9.47. The topological polar surface area (TPSA) is 73.0 Å². The van der Waals surface area contributed by atoms with Gasteiger partial charge < -0.3 is 9.73 Å². The second-order valence-electron chi connectivity index (χ2n) is 6.95. The number of benzene rings is 2. The normalized spacial score (nSPS) is 10.8. The minimum absolute atomic E-state index is 0.0412. The van der Waals surface area contributed by atoms with Gasteiger partial charge >= 0.3 is 0 Å². The lowest BCUT2D eigenvalue weighted by Crippen LogP contribution is -2.14. The lowest BCUT2D eigenvalue weighted by Gasteiger charge is -2.07. The third kappa shape index (κ3) is 4.43. The van der Waals surface area contributed by atoms with Gasteiger partial charge in [-0.25, -0.2) is 4.98 Å². The number of hydrogen-bond acceptors (Lipinski definition) is 4. The van der Waals surface area contributed by atoms with E-state index in [-0.39, 0.29) is 5.91 Å². The van der Waals surface area contributed by atoms with Crippen molar-refractivity contribution < 1.29 is 9.21 Å². The highest BCUT2D eigenvalue weighted by molar-refractivity contribution is 5.92. The molecule has 1 N–H and O–H groups in total. The molecule has 2 heterocycles. The molecule has 0 spiro atoms. The van der Waals surface area contributed by atoms with Gasteiger partial charge in [0, 0.05) is 23.6 Å². The van der Waals surface area contributed by atoms with Gasteiger partial charge in [-0.2, -0.15) is 5.10 Å². The molecule has 0 atom stereocenters. The van der Waals surface area contributed by atoms with Gasteiger partial charge in [-0.3, -0.25) is 9.48 Å². The van der Waals surface area contributed by atoms with E-state index in [4.69, 9.17) is 4.42 Å². The van der Waals surface area contributed by atoms with E-state index in [9.17, 15) is 4.79 Å². The molecular formula is C23H22N4O2. The maximum Gasteiger partial charge on any atom is 0.228 e. The first-order valence-corrected chi connectivity index (χ1v) is 9.47. The number of nitrogens with one attached hydrogen (secondary N) is 1. The van der Waals surface area contributed by atoms with Crippen LogP contribution in [0.25, 0.3) is 11.5 Å². The molecule has 0 aliphatic heterocycles. The van der Waals surface area contributed by atoms with Crippen molar-refractivity contribution in [2.24, 2.45) is 0 Å². The fourth-order valence-electron chi connectivity index (χ4n) is 3.13. The van der Waals surface area contributed by atoms with Crippen LogP contribution in [-0.2, 0) is 17.8 Å². The summed E-state index contributed by atoms with van der Waals surface area (Å²) in [4.78, 5) is 16.9. The fraction of sp³-hybridized carbons (Fsp3) is 0.174. The van der Waals surface area contributed by atoms with Gasteiger partial charge in [-0.05, 0) is 55.3 Å². The van der Waals surface area contributed by atoms with Crippen molar-refractivity contribution in [3.63, 3.8) is 0 Å². The van der Waals surface area contributed by atoms with E-state index < -0.39 is 0 Å². The van der Waals surface area contributed by atoms with E-state index >= 15 is 0 Å². The Labute approximate surface area is 169 Å². The zero-order valence-corrected chi connectivity index (χ0v) is 16.4. The van der Waals surface area contributed by atoms with Gasteiger partial charge in [0.05, 0.1) is 13.0 Å². The van der Waals surface area contributed by atoms with E-state index in [1.807, 2.05) is 79.3 Å². The standard InChI is InChI=1S/C23H22N4O2/c1-16-6-3-4-7-19(16)14-22(28)25-20-10-8-18(9-11-20)23-26-21(17(2)29-23)15-27-13-5-12-24-27/h3-13H,14-15H2,1-2H3,(H,25,28). The Hall–Kier alpha value is -3.67. The third-order valence-corrected chi connectivity index (χ3v) is 4.79. The van der Waals surface area contributed by atoms with Crippen LogP contribution >= 0.6 is 0 Å². The summed E-state index contributed by atoms with van der Waals surface area (Å²) in [6.45, 7) is 4.47. The Kier molecular flexibility index (Phi) is 5.24. The quantitative estimate of drug-likeness (QED) is 0.534. The zero-order chi connectivity index (χ0) is 20.2. The third-order valence-electron chi connectivity index (χ3n) is 4.79. The molecule has 6 nitrogen and oxygen atoms in total. The predicted molar refractivity (Wildman–Crippen MR) is 112 cm³/mol. The van der Waals surface area contributed by atoms with Gasteiger partial charge in [0.2, 0.25) is 11.8 Å². The van der Waals surface area contributed by atoms with Gasteiger partial charge in [-0.15, -0.1) is 0 Å². The summed E-state index contributed by atoms with van der Waals surface area (Å²) in [6, 6.07) is 17.3. The van der Waals surface area contributed by atoms with Crippen LogP contribution in [0.1, 0.15) is 22.6 Å². The highest BCUT2D eigenvalue weighted by Gasteiger charge is 2.13. The maximum atomic E-state index is 12.3. The molecule has 0 fully saturated rings. The van der Waals surface area contributed by atoms with Gasteiger partial charge in [0.15, 0.2) is 0 Å². The highest BCUT2D eigenvalue weighted by atomic mass is 16.4. The van der Waals surface area contributed by atoms with Crippen molar-refractivity contribution in [2.45, 2.75) is 26.8 Å². The SMILES string of the molecule is Cc1ccccc1CC(=O)Nc1ccc(-c2nc(Cn3cccn3)c(C)o2)cc1.